The lowest BCUT2D eigenvalue weighted by atomic mass is 9.55. The zero-order valence-corrected chi connectivity index (χ0v) is 14.0. The Kier molecular flexibility index (Phi) is 3.44. The Bertz CT molecular complexity index is 638. The van der Waals surface area contributed by atoms with E-state index in [-0.39, 0.29) is 17.5 Å². The second kappa shape index (κ2) is 5.25. The maximum atomic E-state index is 11.4. The zero-order valence-electron chi connectivity index (χ0n) is 14.0. The van der Waals surface area contributed by atoms with Crippen molar-refractivity contribution in [2.45, 2.75) is 64.4 Å². The number of phenols is 1. The van der Waals surface area contributed by atoms with Crippen LogP contribution in [0.25, 0.3) is 0 Å². The molecule has 4 rings (SSSR count). The topological polar surface area (TPSA) is 46.5 Å². The van der Waals surface area contributed by atoms with E-state index in [1.807, 2.05) is 12.1 Å². The van der Waals surface area contributed by atoms with Crippen molar-refractivity contribution < 1.29 is 14.6 Å². The molecule has 0 spiro atoms. The molecule has 3 aliphatic rings. The first kappa shape index (κ1) is 15.0. The highest BCUT2D eigenvalue weighted by Gasteiger charge is 2.56. The second-order valence-corrected chi connectivity index (χ2v) is 8.02. The molecule has 0 heterocycles. The predicted octanol–water partition coefficient (Wildman–Crippen LogP) is 4.18. The molecule has 3 aliphatic carbocycles. The quantitative estimate of drug-likeness (QED) is 0.791. The predicted molar refractivity (Wildman–Crippen MR) is 88.3 cm³/mol. The van der Waals surface area contributed by atoms with Crippen LogP contribution in [0.2, 0.25) is 0 Å². The summed E-state index contributed by atoms with van der Waals surface area (Å²) in [5.41, 5.74) is 2.95. The van der Waals surface area contributed by atoms with E-state index in [1.165, 1.54) is 37.3 Å². The molecule has 0 saturated heterocycles. The minimum atomic E-state index is -0.136. The third kappa shape index (κ3) is 2.28. The molecular formula is C20H26O3. The Balaban J connectivity index is 1.63. The first-order valence-corrected chi connectivity index (χ1v) is 8.98. The molecule has 23 heavy (non-hydrogen) atoms. The minimum absolute atomic E-state index is 0.104. The summed E-state index contributed by atoms with van der Waals surface area (Å²) in [5.74, 6) is 2.23. The number of esters is 1. The van der Waals surface area contributed by atoms with E-state index in [2.05, 4.69) is 13.0 Å². The molecule has 2 saturated carbocycles. The van der Waals surface area contributed by atoms with Gasteiger partial charge in [-0.1, -0.05) is 13.0 Å². The molecule has 0 aliphatic heterocycles. The highest BCUT2D eigenvalue weighted by Crippen LogP contribution is 2.61. The first-order valence-electron chi connectivity index (χ1n) is 8.98. The molecule has 2 fully saturated rings. The van der Waals surface area contributed by atoms with E-state index >= 15 is 0 Å². The Morgan fingerprint density at radius 2 is 2.09 bits per heavy atom. The third-order valence-electron chi connectivity index (χ3n) is 6.93. The van der Waals surface area contributed by atoms with Crippen LogP contribution in [0.1, 0.15) is 63.0 Å². The number of phenolic OH excluding ortho intramolecular Hbond substituents is 1. The number of carbonyl (C=O) groups excluding carboxylic acids is 1. The summed E-state index contributed by atoms with van der Waals surface area (Å²) < 4.78 is 5.68. The molecule has 1 N–H and O–H groups in total. The van der Waals surface area contributed by atoms with Crippen molar-refractivity contribution in [1.82, 2.24) is 0 Å². The molecule has 1 aromatic rings. The van der Waals surface area contributed by atoms with Crippen molar-refractivity contribution in [2.24, 2.45) is 17.3 Å². The van der Waals surface area contributed by atoms with Gasteiger partial charge in [0.25, 0.3) is 0 Å². The first-order chi connectivity index (χ1) is 11.0. The standard InChI is InChI=1S/C20H26O3/c1-12(21)23-19-8-7-18-17-5-3-13-11-14(22)4-6-15(13)16(17)9-10-20(18,19)2/h4,6,11,16-19,22H,3,5,7-10H2,1-2H3/t16-,17+,18+,19+,20+/m1/s1. The monoisotopic (exact) mass is 314 g/mol. The minimum Gasteiger partial charge on any atom is -0.508 e. The fourth-order valence-corrected chi connectivity index (χ4v) is 5.91. The maximum absolute atomic E-state index is 11.4. The molecule has 0 bridgehead atoms. The molecule has 1 aromatic carbocycles. The fourth-order valence-electron chi connectivity index (χ4n) is 5.91. The number of rotatable bonds is 1. The van der Waals surface area contributed by atoms with Crippen molar-refractivity contribution in [3.05, 3.63) is 29.3 Å². The van der Waals surface area contributed by atoms with E-state index in [0.29, 0.717) is 23.5 Å². The fraction of sp³-hybridized carbons (Fsp3) is 0.650. The number of benzene rings is 1. The third-order valence-corrected chi connectivity index (χ3v) is 6.93. The van der Waals surface area contributed by atoms with Crippen molar-refractivity contribution in [2.75, 3.05) is 0 Å². The number of hydrogen-bond acceptors (Lipinski definition) is 3. The van der Waals surface area contributed by atoms with E-state index in [1.54, 1.807) is 0 Å². The Morgan fingerprint density at radius 3 is 2.87 bits per heavy atom. The van der Waals surface area contributed by atoms with Gasteiger partial charge in [-0.2, -0.15) is 0 Å². The molecular weight excluding hydrogens is 288 g/mol. The van der Waals surface area contributed by atoms with Crippen LogP contribution in [0.15, 0.2) is 18.2 Å². The van der Waals surface area contributed by atoms with Crippen LogP contribution in [0.5, 0.6) is 5.75 Å². The lowest BCUT2D eigenvalue weighted by Gasteiger charge is -2.50. The van der Waals surface area contributed by atoms with Crippen LogP contribution in [-0.4, -0.2) is 17.2 Å². The molecule has 124 valence electrons. The van der Waals surface area contributed by atoms with Crippen LogP contribution in [0.3, 0.4) is 0 Å². The van der Waals surface area contributed by atoms with E-state index in [9.17, 15) is 9.90 Å². The van der Waals surface area contributed by atoms with Gasteiger partial charge in [0.15, 0.2) is 0 Å². The average molecular weight is 314 g/mol. The number of hydrogen-bond donors (Lipinski definition) is 1. The number of fused-ring (bicyclic) bond motifs is 5. The van der Waals surface area contributed by atoms with E-state index in [0.717, 1.165) is 19.3 Å². The van der Waals surface area contributed by atoms with E-state index < -0.39 is 0 Å². The highest BCUT2D eigenvalue weighted by atomic mass is 16.5. The Morgan fingerprint density at radius 1 is 1.26 bits per heavy atom. The van der Waals surface area contributed by atoms with Gasteiger partial charge in [0.2, 0.25) is 0 Å². The lowest BCUT2D eigenvalue weighted by molar-refractivity contribution is -0.154. The van der Waals surface area contributed by atoms with Crippen molar-refractivity contribution in [3.8, 4) is 5.75 Å². The summed E-state index contributed by atoms with van der Waals surface area (Å²) in [6.45, 7) is 3.88. The van der Waals surface area contributed by atoms with Crippen LogP contribution in [0.4, 0.5) is 0 Å². The van der Waals surface area contributed by atoms with Gasteiger partial charge in [0.1, 0.15) is 11.9 Å². The van der Waals surface area contributed by atoms with Crippen LogP contribution < -0.4 is 0 Å². The summed E-state index contributed by atoms with van der Waals surface area (Å²) in [4.78, 5) is 11.4. The Hall–Kier alpha value is -1.51. The molecule has 5 atom stereocenters. The summed E-state index contributed by atoms with van der Waals surface area (Å²) in [5, 5.41) is 9.75. The van der Waals surface area contributed by atoms with Gasteiger partial charge in [-0.3, -0.25) is 4.79 Å². The van der Waals surface area contributed by atoms with Gasteiger partial charge < -0.3 is 9.84 Å². The Labute approximate surface area is 138 Å². The molecule has 0 unspecified atom stereocenters. The SMILES string of the molecule is CC(=O)O[C@H]1CC[C@H]2[C@H]3CCc4cc(O)ccc4[C@H]3CC[C@]12C. The van der Waals surface area contributed by atoms with Crippen molar-refractivity contribution in [1.29, 1.82) is 0 Å². The van der Waals surface area contributed by atoms with Gasteiger partial charge >= 0.3 is 5.97 Å². The lowest BCUT2D eigenvalue weighted by Crippen LogP contribution is -2.45. The average Bonchev–Trinajstić information content (AvgIpc) is 2.83. The normalized spacial score (nSPS) is 38.3. The smallest absolute Gasteiger partial charge is 0.302 e. The number of ether oxygens (including phenoxy) is 1. The van der Waals surface area contributed by atoms with Gasteiger partial charge in [-0.15, -0.1) is 0 Å². The molecule has 0 aromatic heterocycles. The molecule has 0 amide bonds. The summed E-state index contributed by atoms with van der Waals surface area (Å²) in [6.07, 6.45) is 6.89. The molecule has 3 nitrogen and oxygen atoms in total. The summed E-state index contributed by atoms with van der Waals surface area (Å²) in [6, 6.07) is 5.93. The zero-order chi connectivity index (χ0) is 16.2. The summed E-state index contributed by atoms with van der Waals surface area (Å²) in [7, 11) is 0. The van der Waals surface area contributed by atoms with Crippen LogP contribution in [0, 0.1) is 17.3 Å². The van der Waals surface area contributed by atoms with Gasteiger partial charge in [-0.05, 0) is 79.5 Å². The van der Waals surface area contributed by atoms with Crippen LogP contribution >= 0.6 is 0 Å². The molecule has 3 heteroatoms. The molecule has 0 radical (unpaired) electrons. The summed E-state index contributed by atoms with van der Waals surface area (Å²) >= 11 is 0. The number of aromatic hydroxyl groups is 1. The highest BCUT2D eigenvalue weighted by molar-refractivity contribution is 5.66. The van der Waals surface area contributed by atoms with Crippen molar-refractivity contribution >= 4 is 5.97 Å². The van der Waals surface area contributed by atoms with E-state index in [4.69, 9.17) is 4.74 Å². The van der Waals surface area contributed by atoms with Gasteiger partial charge in [0.05, 0.1) is 0 Å². The second-order valence-electron chi connectivity index (χ2n) is 8.02. The number of aryl methyl sites for hydroxylation is 1. The maximum Gasteiger partial charge on any atom is 0.302 e. The number of carbonyl (C=O) groups is 1. The van der Waals surface area contributed by atoms with Crippen molar-refractivity contribution in [3.63, 3.8) is 0 Å². The largest absolute Gasteiger partial charge is 0.508 e. The van der Waals surface area contributed by atoms with Gasteiger partial charge in [-0.25, -0.2) is 0 Å². The van der Waals surface area contributed by atoms with Crippen LogP contribution in [-0.2, 0) is 16.0 Å². The van der Waals surface area contributed by atoms with Gasteiger partial charge in [0, 0.05) is 12.3 Å².